The molecule has 3 rings (SSSR count). The first-order chi connectivity index (χ1) is 10.7. The largest absolute Gasteiger partial charge is 0.385 e. The molecule has 0 saturated heterocycles. The highest BCUT2D eigenvalue weighted by molar-refractivity contribution is 5.29. The molecule has 0 amide bonds. The van der Waals surface area contributed by atoms with Crippen molar-refractivity contribution in [2.75, 3.05) is 0 Å². The molecule has 0 aliphatic carbocycles. The Bertz CT molecular complexity index is 723. The predicted molar refractivity (Wildman–Crippen MR) is 79.7 cm³/mol. The van der Waals surface area contributed by atoms with Gasteiger partial charge in [-0.2, -0.15) is 5.10 Å². The van der Waals surface area contributed by atoms with Gasteiger partial charge in [-0.3, -0.25) is 5.10 Å². The van der Waals surface area contributed by atoms with E-state index in [-0.39, 0.29) is 5.82 Å². The van der Waals surface area contributed by atoms with Crippen LogP contribution in [-0.2, 0) is 12.8 Å². The van der Waals surface area contributed by atoms with Crippen LogP contribution in [0.1, 0.15) is 35.2 Å². The third-order valence-electron chi connectivity index (χ3n) is 3.61. The van der Waals surface area contributed by atoms with Crippen molar-refractivity contribution in [2.45, 2.75) is 25.4 Å². The number of aliphatic hydroxyl groups is 1. The summed E-state index contributed by atoms with van der Waals surface area (Å²) in [5.41, 5.74) is 3.07. The van der Waals surface area contributed by atoms with Crippen molar-refractivity contribution >= 4 is 0 Å². The maximum atomic E-state index is 13.2. The molecule has 0 aliphatic heterocycles. The Morgan fingerprint density at radius 2 is 2.18 bits per heavy atom. The van der Waals surface area contributed by atoms with Crippen molar-refractivity contribution in [3.8, 4) is 0 Å². The van der Waals surface area contributed by atoms with E-state index in [0.29, 0.717) is 25.1 Å². The second kappa shape index (κ2) is 6.53. The van der Waals surface area contributed by atoms with Crippen molar-refractivity contribution in [3.05, 3.63) is 71.3 Å². The van der Waals surface area contributed by atoms with Gasteiger partial charge < -0.3 is 10.1 Å². The summed E-state index contributed by atoms with van der Waals surface area (Å²) < 4.78 is 13.2. The number of aromatic nitrogens is 4. The fourth-order valence-corrected chi connectivity index (χ4v) is 2.49. The van der Waals surface area contributed by atoms with Crippen LogP contribution in [0.4, 0.5) is 4.39 Å². The van der Waals surface area contributed by atoms with Gasteiger partial charge in [0.05, 0.1) is 0 Å². The third kappa shape index (κ3) is 3.40. The SMILES string of the molecule is OC(CCc1[nH]ccc1Cc1cccc(F)c1)c1nc[nH]n1. The van der Waals surface area contributed by atoms with Crippen molar-refractivity contribution in [2.24, 2.45) is 0 Å². The standard InChI is InChI=1S/C16H17FN4O/c17-13-3-1-2-11(9-13)8-12-6-7-18-14(12)4-5-15(22)16-19-10-20-21-16/h1-3,6-7,9-10,15,18,22H,4-5,8H2,(H,19,20,21). The van der Waals surface area contributed by atoms with Gasteiger partial charge in [0.2, 0.25) is 0 Å². The summed E-state index contributed by atoms with van der Waals surface area (Å²) in [6, 6.07) is 8.58. The molecule has 0 spiro atoms. The topological polar surface area (TPSA) is 77.6 Å². The number of hydrogen-bond acceptors (Lipinski definition) is 3. The molecule has 2 heterocycles. The predicted octanol–water partition coefficient (Wildman–Crippen LogP) is 2.53. The highest BCUT2D eigenvalue weighted by Gasteiger charge is 2.13. The van der Waals surface area contributed by atoms with Gasteiger partial charge in [0.15, 0.2) is 5.82 Å². The van der Waals surface area contributed by atoms with E-state index in [4.69, 9.17) is 0 Å². The van der Waals surface area contributed by atoms with Gasteiger partial charge in [-0.05, 0) is 48.6 Å². The van der Waals surface area contributed by atoms with Crippen LogP contribution < -0.4 is 0 Å². The fourth-order valence-electron chi connectivity index (χ4n) is 2.49. The maximum absolute atomic E-state index is 13.2. The number of nitrogens with zero attached hydrogens (tertiary/aromatic N) is 2. The van der Waals surface area contributed by atoms with E-state index in [9.17, 15) is 9.50 Å². The molecule has 0 fully saturated rings. The zero-order valence-corrected chi connectivity index (χ0v) is 12.0. The summed E-state index contributed by atoms with van der Waals surface area (Å²) in [7, 11) is 0. The van der Waals surface area contributed by atoms with Crippen molar-refractivity contribution in [3.63, 3.8) is 0 Å². The van der Waals surface area contributed by atoms with E-state index >= 15 is 0 Å². The smallest absolute Gasteiger partial charge is 0.178 e. The maximum Gasteiger partial charge on any atom is 0.178 e. The molecular weight excluding hydrogens is 283 g/mol. The number of nitrogens with one attached hydrogen (secondary N) is 2. The van der Waals surface area contributed by atoms with Crippen LogP contribution in [0.5, 0.6) is 0 Å². The van der Waals surface area contributed by atoms with Crippen LogP contribution >= 0.6 is 0 Å². The van der Waals surface area contributed by atoms with Crippen LogP contribution in [0.3, 0.4) is 0 Å². The number of benzene rings is 1. The number of aliphatic hydroxyl groups excluding tert-OH is 1. The minimum Gasteiger partial charge on any atom is -0.385 e. The molecule has 22 heavy (non-hydrogen) atoms. The van der Waals surface area contributed by atoms with Gasteiger partial charge in [-0.1, -0.05) is 12.1 Å². The van der Waals surface area contributed by atoms with Gasteiger partial charge in [0.25, 0.3) is 0 Å². The molecule has 0 saturated carbocycles. The lowest BCUT2D eigenvalue weighted by Crippen LogP contribution is -2.03. The summed E-state index contributed by atoms with van der Waals surface area (Å²) in [5.74, 6) is 0.174. The number of halogens is 1. The van der Waals surface area contributed by atoms with Gasteiger partial charge >= 0.3 is 0 Å². The van der Waals surface area contributed by atoms with Gasteiger partial charge in [0.1, 0.15) is 18.2 Å². The molecule has 1 unspecified atom stereocenters. The summed E-state index contributed by atoms with van der Waals surface area (Å²) in [4.78, 5) is 7.14. The fraction of sp³-hybridized carbons (Fsp3) is 0.250. The van der Waals surface area contributed by atoms with Crippen molar-refractivity contribution < 1.29 is 9.50 Å². The Labute approximate surface area is 127 Å². The van der Waals surface area contributed by atoms with Crippen LogP contribution in [-0.4, -0.2) is 25.3 Å². The molecule has 3 N–H and O–H groups in total. The van der Waals surface area contributed by atoms with Crippen LogP contribution in [0, 0.1) is 5.82 Å². The molecule has 6 heteroatoms. The number of aromatic amines is 2. The van der Waals surface area contributed by atoms with Crippen molar-refractivity contribution in [1.82, 2.24) is 20.2 Å². The summed E-state index contributed by atoms with van der Waals surface area (Å²) in [5, 5.41) is 16.5. The second-order valence-electron chi connectivity index (χ2n) is 5.20. The molecule has 1 atom stereocenters. The molecule has 0 aliphatic rings. The third-order valence-corrected chi connectivity index (χ3v) is 3.61. The number of hydrogen-bond donors (Lipinski definition) is 3. The first kappa shape index (κ1) is 14.5. The highest BCUT2D eigenvalue weighted by Crippen LogP contribution is 2.19. The quantitative estimate of drug-likeness (QED) is 0.654. The Kier molecular flexibility index (Phi) is 4.29. The minimum absolute atomic E-state index is 0.227. The Morgan fingerprint density at radius 1 is 1.27 bits per heavy atom. The highest BCUT2D eigenvalue weighted by atomic mass is 19.1. The summed E-state index contributed by atoms with van der Waals surface area (Å²) in [6.45, 7) is 0. The van der Waals surface area contributed by atoms with E-state index in [0.717, 1.165) is 16.8 Å². The molecular formula is C16H17FN4O. The molecule has 5 nitrogen and oxygen atoms in total. The molecule has 2 aromatic heterocycles. The molecule has 0 radical (unpaired) electrons. The zero-order chi connectivity index (χ0) is 15.4. The monoisotopic (exact) mass is 300 g/mol. The lowest BCUT2D eigenvalue weighted by molar-refractivity contribution is 0.158. The van der Waals surface area contributed by atoms with E-state index in [2.05, 4.69) is 20.2 Å². The number of aryl methyl sites for hydroxylation is 1. The minimum atomic E-state index is -0.698. The van der Waals surface area contributed by atoms with Crippen LogP contribution in [0.15, 0.2) is 42.9 Å². The normalized spacial score (nSPS) is 12.5. The average molecular weight is 300 g/mol. The second-order valence-corrected chi connectivity index (χ2v) is 5.20. The number of H-pyrrole nitrogens is 2. The van der Waals surface area contributed by atoms with Gasteiger partial charge in [0, 0.05) is 11.9 Å². The summed E-state index contributed by atoms with van der Waals surface area (Å²) in [6.07, 6.45) is 4.47. The molecule has 3 aromatic rings. The molecule has 0 bridgehead atoms. The van der Waals surface area contributed by atoms with Gasteiger partial charge in [-0.25, -0.2) is 9.37 Å². The molecule has 114 valence electrons. The lowest BCUT2D eigenvalue weighted by atomic mass is 10.0. The first-order valence-corrected chi connectivity index (χ1v) is 7.15. The first-order valence-electron chi connectivity index (χ1n) is 7.15. The Hall–Kier alpha value is -2.47. The van der Waals surface area contributed by atoms with Crippen LogP contribution in [0.2, 0.25) is 0 Å². The average Bonchev–Trinajstić information content (AvgIpc) is 3.16. The Morgan fingerprint density at radius 3 is 2.95 bits per heavy atom. The molecule has 1 aromatic carbocycles. The van der Waals surface area contributed by atoms with E-state index in [1.807, 2.05) is 18.3 Å². The lowest BCUT2D eigenvalue weighted by Gasteiger charge is -2.08. The Balaban J connectivity index is 1.65. The van der Waals surface area contributed by atoms with E-state index in [1.54, 1.807) is 12.1 Å². The van der Waals surface area contributed by atoms with Crippen molar-refractivity contribution in [1.29, 1.82) is 0 Å². The van der Waals surface area contributed by atoms with Gasteiger partial charge in [-0.15, -0.1) is 0 Å². The van der Waals surface area contributed by atoms with E-state index < -0.39 is 6.10 Å². The van der Waals surface area contributed by atoms with E-state index in [1.165, 1.54) is 12.4 Å². The number of rotatable bonds is 6. The van der Waals surface area contributed by atoms with Crippen LogP contribution in [0.25, 0.3) is 0 Å². The zero-order valence-electron chi connectivity index (χ0n) is 12.0. The summed E-state index contributed by atoms with van der Waals surface area (Å²) >= 11 is 0.